The first-order valence-corrected chi connectivity index (χ1v) is 7.82. The summed E-state index contributed by atoms with van der Waals surface area (Å²) < 4.78 is 0.699. The van der Waals surface area contributed by atoms with Crippen LogP contribution in [0.25, 0.3) is 11.6 Å². The third kappa shape index (κ3) is 2.61. The summed E-state index contributed by atoms with van der Waals surface area (Å²) in [5.74, 6) is 1.34. The van der Waals surface area contributed by atoms with Crippen LogP contribution in [0, 0.1) is 10.5 Å². The van der Waals surface area contributed by atoms with Gasteiger partial charge in [-0.15, -0.1) is 0 Å². The van der Waals surface area contributed by atoms with Gasteiger partial charge in [0.05, 0.1) is 5.69 Å². The molecule has 0 spiro atoms. The number of hydrogen-bond donors (Lipinski definition) is 1. The molecule has 0 aliphatic heterocycles. The highest BCUT2D eigenvalue weighted by Crippen LogP contribution is 2.34. The molecule has 0 atom stereocenters. The fourth-order valence-corrected chi connectivity index (χ4v) is 3.26. The molecule has 2 heterocycles. The molecule has 3 rings (SSSR count). The maximum Gasteiger partial charge on any atom is 0.264 e. The van der Waals surface area contributed by atoms with E-state index in [0.29, 0.717) is 21.1 Å². The number of rotatable bonds is 2. The second kappa shape index (κ2) is 5.59. The standard InChI is InChI=1S/C14H15IN4O/c1-8-6-16-12(17-7-8)13-18-11(9-4-2-3-5-9)10(15)14(20)19-13/h6-7,9H,2-5H2,1H3,(H,18,19,20). The molecule has 0 bridgehead atoms. The second-order valence-corrected chi connectivity index (χ2v) is 6.26. The van der Waals surface area contributed by atoms with Gasteiger partial charge in [-0.05, 0) is 47.9 Å². The summed E-state index contributed by atoms with van der Waals surface area (Å²) in [5, 5.41) is 0. The molecule has 2 aromatic heterocycles. The molecule has 2 aromatic rings. The Labute approximate surface area is 130 Å². The van der Waals surface area contributed by atoms with E-state index in [-0.39, 0.29) is 5.56 Å². The van der Waals surface area contributed by atoms with Crippen LogP contribution in [0.3, 0.4) is 0 Å². The lowest BCUT2D eigenvalue weighted by Crippen LogP contribution is -2.18. The van der Waals surface area contributed by atoms with E-state index >= 15 is 0 Å². The van der Waals surface area contributed by atoms with Crippen LogP contribution in [0.2, 0.25) is 0 Å². The topological polar surface area (TPSA) is 71.5 Å². The number of nitrogens with one attached hydrogen (secondary N) is 1. The highest BCUT2D eigenvalue weighted by Gasteiger charge is 2.23. The second-order valence-electron chi connectivity index (χ2n) is 5.18. The minimum Gasteiger partial charge on any atom is -0.303 e. The van der Waals surface area contributed by atoms with Crippen LogP contribution >= 0.6 is 22.6 Å². The van der Waals surface area contributed by atoms with E-state index in [9.17, 15) is 4.79 Å². The largest absolute Gasteiger partial charge is 0.303 e. The van der Waals surface area contributed by atoms with Gasteiger partial charge in [0.25, 0.3) is 5.56 Å². The van der Waals surface area contributed by atoms with E-state index in [0.717, 1.165) is 24.1 Å². The molecule has 0 amide bonds. The molecule has 0 aromatic carbocycles. The summed E-state index contributed by atoms with van der Waals surface area (Å²) in [6.07, 6.45) is 8.11. The minimum atomic E-state index is -0.0957. The smallest absolute Gasteiger partial charge is 0.264 e. The number of aromatic nitrogens is 4. The van der Waals surface area contributed by atoms with Crippen molar-refractivity contribution in [1.82, 2.24) is 19.9 Å². The third-order valence-corrected chi connectivity index (χ3v) is 4.67. The molecule has 20 heavy (non-hydrogen) atoms. The monoisotopic (exact) mass is 382 g/mol. The van der Waals surface area contributed by atoms with E-state index in [1.807, 2.05) is 6.92 Å². The molecule has 0 saturated heterocycles. The number of hydrogen-bond acceptors (Lipinski definition) is 4. The molecule has 0 radical (unpaired) electrons. The van der Waals surface area contributed by atoms with E-state index in [2.05, 4.69) is 42.5 Å². The molecule has 104 valence electrons. The van der Waals surface area contributed by atoms with Crippen molar-refractivity contribution in [2.45, 2.75) is 38.5 Å². The van der Waals surface area contributed by atoms with Gasteiger partial charge in [0.1, 0.15) is 3.57 Å². The summed E-state index contributed by atoms with van der Waals surface area (Å²) in [6, 6.07) is 0. The lowest BCUT2D eigenvalue weighted by atomic mass is 10.0. The first-order valence-electron chi connectivity index (χ1n) is 6.74. The molecule has 0 unspecified atom stereocenters. The Balaban J connectivity index is 2.08. The van der Waals surface area contributed by atoms with Crippen molar-refractivity contribution in [2.75, 3.05) is 0 Å². The van der Waals surface area contributed by atoms with Crippen LogP contribution in [0.1, 0.15) is 42.9 Å². The number of aryl methyl sites for hydroxylation is 1. The average Bonchev–Trinajstić information content (AvgIpc) is 2.96. The quantitative estimate of drug-likeness (QED) is 0.811. The molecular weight excluding hydrogens is 367 g/mol. The summed E-state index contributed by atoms with van der Waals surface area (Å²) in [6.45, 7) is 1.93. The summed E-state index contributed by atoms with van der Waals surface area (Å²) in [4.78, 5) is 28.0. The van der Waals surface area contributed by atoms with Crippen LogP contribution in [-0.2, 0) is 0 Å². The molecule has 1 saturated carbocycles. The zero-order valence-corrected chi connectivity index (χ0v) is 13.3. The fourth-order valence-electron chi connectivity index (χ4n) is 2.57. The predicted octanol–water partition coefficient (Wildman–Crippen LogP) is 2.80. The van der Waals surface area contributed by atoms with Crippen LogP contribution in [0.15, 0.2) is 17.2 Å². The highest BCUT2D eigenvalue weighted by molar-refractivity contribution is 14.1. The molecule has 1 N–H and O–H groups in total. The maximum absolute atomic E-state index is 12.1. The van der Waals surface area contributed by atoms with Crippen molar-refractivity contribution in [2.24, 2.45) is 0 Å². The Kier molecular flexibility index (Phi) is 3.82. The lowest BCUT2D eigenvalue weighted by Gasteiger charge is -2.11. The van der Waals surface area contributed by atoms with E-state index in [1.165, 1.54) is 12.8 Å². The zero-order chi connectivity index (χ0) is 14.1. The first kappa shape index (κ1) is 13.7. The normalized spacial score (nSPS) is 15.7. The van der Waals surface area contributed by atoms with Crippen molar-refractivity contribution < 1.29 is 0 Å². The van der Waals surface area contributed by atoms with E-state index in [1.54, 1.807) is 12.4 Å². The van der Waals surface area contributed by atoms with Gasteiger partial charge in [-0.2, -0.15) is 0 Å². The van der Waals surface area contributed by atoms with Crippen molar-refractivity contribution in [3.05, 3.63) is 37.6 Å². The molecule has 6 heteroatoms. The van der Waals surface area contributed by atoms with Gasteiger partial charge in [-0.25, -0.2) is 15.0 Å². The SMILES string of the molecule is Cc1cnc(-c2nc(C3CCCC3)c(I)c(=O)[nH]2)nc1. The van der Waals surface area contributed by atoms with Gasteiger partial charge in [0, 0.05) is 18.3 Å². The Morgan fingerprint density at radius 1 is 1.25 bits per heavy atom. The van der Waals surface area contributed by atoms with Crippen molar-refractivity contribution in [3.8, 4) is 11.6 Å². The first-order chi connectivity index (χ1) is 9.65. The van der Waals surface area contributed by atoms with Gasteiger partial charge in [-0.1, -0.05) is 12.8 Å². The summed E-state index contributed by atoms with van der Waals surface area (Å²) in [5.41, 5.74) is 1.80. The molecule has 5 nitrogen and oxygen atoms in total. The fraction of sp³-hybridized carbons (Fsp3) is 0.429. The Morgan fingerprint density at radius 3 is 2.55 bits per heavy atom. The van der Waals surface area contributed by atoms with E-state index in [4.69, 9.17) is 0 Å². The number of nitrogens with zero attached hydrogens (tertiary/aromatic N) is 3. The van der Waals surface area contributed by atoms with Crippen LogP contribution < -0.4 is 5.56 Å². The van der Waals surface area contributed by atoms with Crippen LogP contribution in [0.5, 0.6) is 0 Å². The van der Waals surface area contributed by atoms with Crippen LogP contribution in [0.4, 0.5) is 0 Å². The number of aromatic amines is 1. The average molecular weight is 382 g/mol. The maximum atomic E-state index is 12.1. The van der Waals surface area contributed by atoms with E-state index < -0.39 is 0 Å². The lowest BCUT2D eigenvalue weighted by molar-refractivity contribution is 0.686. The Bertz CT molecular complexity index is 675. The molecular formula is C14H15IN4O. The van der Waals surface area contributed by atoms with Gasteiger partial charge in [0.15, 0.2) is 11.6 Å². The van der Waals surface area contributed by atoms with Crippen LogP contribution in [-0.4, -0.2) is 19.9 Å². The Morgan fingerprint density at radius 2 is 1.90 bits per heavy atom. The number of H-pyrrole nitrogens is 1. The highest BCUT2D eigenvalue weighted by atomic mass is 127. The van der Waals surface area contributed by atoms with Gasteiger partial charge in [0.2, 0.25) is 0 Å². The predicted molar refractivity (Wildman–Crippen MR) is 84.5 cm³/mol. The minimum absolute atomic E-state index is 0.0957. The molecule has 1 fully saturated rings. The van der Waals surface area contributed by atoms with Gasteiger partial charge < -0.3 is 4.98 Å². The van der Waals surface area contributed by atoms with Crippen molar-refractivity contribution >= 4 is 22.6 Å². The van der Waals surface area contributed by atoms with Gasteiger partial charge >= 0.3 is 0 Å². The van der Waals surface area contributed by atoms with Crippen molar-refractivity contribution in [3.63, 3.8) is 0 Å². The third-order valence-electron chi connectivity index (χ3n) is 3.62. The molecule has 1 aliphatic rings. The van der Waals surface area contributed by atoms with Gasteiger partial charge in [-0.3, -0.25) is 4.79 Å². The summed E-state index contributed by atoms with van der Waals surface area (Å²) >= 11 is 2.09. The zero-order valence-electron chi connectivity index (χ0n) is 11.2. The number of halogens is 1. The summed E-state index contributed by atoms with van der Waals surface area (Å²) in [7, 11) is 0. The molecule has 1 aliphatic carbocycles. The Hall–Kier alpha value is -1.31. The van der Waals surface area contributed by atoms with Crippen molar-refractivity contribution in [1.29, 1.82) is 0 Å².